The van der Waals surface area contributed by atoms with Crippen LogP contribution in [0, 0.1) is 5.82 Å². The molecule has 1 aliphatic heterocycles. The Balaban J connectivity index is 1.80. The zero-order valence-electron chi connectivity index (χ0n) is 13.0. The van der Waals surface area contributed by atoms with Crippen LogP contribution in [-0.2, 0) is 0 Å². The molecule has 0 saturated carbocycles. The van der Waals surface area contributed by atoms with E-state index < -0.39 is 0 Å². The molecule has 0 radical (unpaired) electrons. The summed E-state index contributed by atoms with van der Waals surface area (Å²) in [4.78, 5) is 14.7. The van der Waals surface area contributed by atoms with Gasteiger partial charge in [-0.15, -0.1) is 0 Å². The van der Waals surface area contributed by atoms with Crippen LogP contribution in [-0.4, -0.2) is 33.7 Å². The lowest BCUT2D eigenvalue weighted by atomic mass is 10.2. The minimum atomic E-state index is -0.329. The topological polar surface area (TPSA) is 51.3 Å². The zero-order valence-corrected chi connectivity index (χ0v) is 13.0. The molecule has 4 rings (SSSR count). The number of halogens is 1. The Morgan fingerprint density at radius 1 is 1.12 bits per heavy atom. The Kier molecular flexibility index (Phi) is 3.65. The van der Waals surface area contributed by atoms with Gasteiger partial charge in [0.15, 0.2) is 5.76 Å². The van der Waals surface area contributed by atoms with Crippen molar-refractivity contribution in [3.8, 4) is 17.1 Å². The van der Waals surface area contributed by atoms with E-state index in [-0.39, 0.29) is 11.7 Å². The largest absolute Gasteiger partial charge is 0.463 e. The van der Waals surface area contributed by atoms with Crippen LogP contribution < -0.4 is 0 Å². The summed E-state index contributed by atoms with van der Waals surface area (Å²) in [5, 5.41) is 4.50. The second-order valence-corrected chi connectivity index (χ2v) is 5.78. The van der Waals surface area contributed by atoms with Gasteiger partial charge in [-0.1, -0.05) is 0 Å². The minimum absolute atomic E-state index is 0.0675. The number of carbonyl (C=O) groups is 1. The van der Waals surface area contributed by atoms with Gasteiger partial charge in [-0.3, -0.25) is 4.79 Å². The molecule has 1 aromatic carbocycles. The first-order valence-electron chi connectivity index (χ1n) is 7.91. The number of carbonyl (C=O) groups excluding carboxylic acids is 1. The lowest BCUT2D eigenvalue weighted by molar-refractivity contribution is 0.0784. The van der Waals surface area contributed by atoms with Crippen molar-refractivity contribution in [2.24, 2.45) is 0 Å². The first kappa shape index (κ1) is 14.7. The average Bonchev–Trinajstić information content (AvgIpc) is 3.34. The number of benzene rings is 1. The third-order valence-electron chi connectivity index (χ3n) is 4.17. The maximum Gasteiger partial charge on any atom is 0.272 e. The molecular weight excluding hydrogens is 309 g/mol. The van der Waals surface area contributed by atoms with E-state index in [2.05, 4.69) is 5.10 Å². The fourth-order valence-corrected chi connectivity index (χ4v) is 2.94. The number of furan rings is 1. The van der Waals surface area contributed by atoms with E-state index in [0.29, 0.717) is 22.8 Å². The van der Waals surface area contributed by atoms with Crippen molar-refractivity contribution in [1.82, 2.24) is 14.7 Å². The number of amides is 1. The molecule has 3 heterocycles. The van der Waals surface area contributed by atoms with Gasteiger partial charge >= 0.3 is 0 Å². The Morgan fingerprint density at radius 2 is 1.88 bits per heavy atom. The van der Waals surface area contributed by atoms with E-state index in [1.165, 1.54) is 12.1 Å². The lowest BCUT2D eigenvalue weighted by Crippen LogP contribution is -2.29. The number of hydrogen-bond acceptors (Lipinski definition) is 3. The van der Waals surface area contributed by atoms with Crippen LogP contribution in [0.3, 0.4) is 0 Å². The van der Waals surface area contributed by atoms with Crippen LogP contribution in [0.1, 0.15) is 23.3 Å². The summed E-state index contributed by atoms with van der Waals surface area (Å²) in [6, 6.07) is 11.2. The smallest absolute Gasteiger partial charge is 0.272 e. The SMILES string of the molecule is O=C(c1cc(-c2ccco2)nn1-c1ccc(F)cc1)N1CCCC1. The van der Waals surface area contributed by atoms with E-state index in [4.69, 9.17) is 4.42 Å². The second kappa shape index (κ2) is 5.96. The quantitative estimate of drug-likeness (QED) is 0.740. The third-order valence-corrected chi connectivity index (χ3v) is 4.17. The molecule has 0 aliphatic carbocycles. The molecule has 24 heavy (non-hydrogen) atoms. The molecule has 3 aromatic rings. The lowest BCUT2D eigenvalue weighted by Gasteiger charge is -2.16. The molecule has 1 amide bonds. The Hall–Kier alpha value is -2.89. The van der Waals surface area contributed by atoms with Crippen LogP contribution in [0.2, 0.25) is 0 Å². The van der Waals surface area contributed by atoms with Crippen molar-refractivity contribution in [2.75, 3.05) is 13.1 Å². The van der Waals surface area contributed by atoms with E-state index in [1.54, 1.807) is 41.3 Å². The number of hydrogen-bond donors (Lipinski definition) is 0. The molecule has 0 atom stereocenters. The van der Waals surface area contributed by atoms with Gasteiger partial charge in [0.2, 0.25) is 0 Å². The molecule has 0 unspecified atom stereocenters. The van der Waals surface area contributed by atoms with Gasteiger partial charge < -0.3 is 9.32 Å². The van der Waals surface area contributed by atoms with Crippen LogP contribution >= 0.6 is 0 Å². The molecule has 2 aromatic heterocycles. The fraction of sp³-hybridized carbons (Fsp3) is 0.222. The summed E-state index contributed by atoms with van der Waals surface area (Å²) >= 11 is 0. The number of aromatic nitrogens is 2. The highest BCUT2D eigenvalue weighted by Crippen LogP contribution is 2.24. The van der Waals surface area contributed by atoms with Crippen molar-refractivity contribution in [2.45, 2.75) is 12.8 Å². The van der Waals surface area contributed by atoms with Crippen LogP contribution in [0.4, 0.5) is 4.39 Å². The van der Waals surface area contributed by atoms with Crippen molar-refractivity contribution in [3.63, 3.8) is 0 Å². The molecule has 122 valence electrons. The predicted molar refractivity (Wildman–Crippen MR) is 86.4 cm³/mol. The number of rotatable bonds is 3. The number of nitrogens with zero attached hydrogens (tertiary/aromatic N) is 3. The summed E-state index contributed by atoms with van der Waals surface area (Å²) in [6.45, 7) is 1.51. The van der Waals surface area contributed by atoms with Crippen molar-refractivity contribution >= 4 is 5.91 Å². The molecule has 1 saturated heterocycles. The first-order valence-corrected chi connectivity index (χ1v) is 7.91. The van der Waals surface area contributed by atoms with Gasteiger partial charge in [0.1, 0.15) is 17.2 Å². The average molecular weight is 325 g/mol. The Labute approximate surface area is 138 Å². The monoisotopic (exact) mass is 325 g/mol. The molecule has 1 fully saturated rings. The molecule has 0 N–H and O–H groups in total. The van der Waals surface area contributed by atoms with Crippen LogP contribution in [0.25, 0.3) is 17.1 Å². The van der Waals surface area contributed by atoms with Gasteiger partial charge in [-0.2, -0.15) is 5.10 Å². The van der Waals surface area contributed by atoms with E-state index in [9.17, 15) is 9.18 Å². The van der Waals surface area contributed by atoms with Crippen molar-refractivity contribution in [3.05, 3.63) is 60.2 Å². The second-order valence-electron chi connectivity index (χ2n) is 5.78. The zero-order chi connectivity index (χ0) is 16.5. The summed E-state index contributed by atoms with van der Waals surface area (Å²) in [6.07, 6.45) is 3.59. The van der Waals surface area contributed by atoms with Gasteiger partial charge in [0.05, 0.1) is 12.0 Å². The Bertz CT molecular complexity index is 847. The molecule has 1 aliphatic rings. The highest BCUT2D eigenvalue weighted by molar-refractivity contribution is 5.94. The van der Waals surface area contributed by atoms with E-state index in [0.717, 1.165) is 25.9 Å². The predicted octanol–water partition coefficient (Wildman–Crippen LogP) is 3.51. The maximum atomic E-state index is 13.2. The highest BCUT2D eigenvalue weighted by atomic mass is 19.1. The third kappa shape index (κ3) is 2.60. The fourth-order valence-electron chi connectivity index (χ4n) is 2.94. The molecule has 0 bridgehead atoms. The van der Waals surface area contributed by atoms with Crippen LogP contribution in [0.15, 0.2) is 53.1 Å². The van der Waals surface area contributed by atoms with Gasteiger partial charge in [0, 0.05) is 19.2 Å². The summed E-state index contributed by atoms with van der Waals surface area (Å²) in [5.41, 5.74) is 1.67. The first-order chi connectivity index (χ1) is 11.7. The van der Waals surface area contributed by atoms with Crippen LogP contribution in [0.5, 0.6) is 0 Å². The molecule has 6 heteroatoms. The highest BCUT2D eigenvalue weighted by Gasteiger charge is 2.25. The Morgan fingerprint density at radius 3 is 2.54 bits per heavy atom. The standard InChI is InChI=1S/C18H16FN3O2/c19-13-5-7-14(8-6-13)22-16(18(23)21-9-1-2-10-21)12-15(20-22)17-4-3-11-24-17/h3-8,11-12H,1-2,9-10H2. The molecule has 5 nitrogen and oxygen atoms in total. The van der Waals surface area contributed by atoms with Gasteiger partial charge in [-0.25, -0.2) is 9.07 Å². The van der Waals surface area contributed by atoms with Crippen molar-refractivity contribution < 1.29 is 13.6 Å². The molecular formula is C18H16FN3O2. The van der Waals surface area contributed by atoms with E-state index in [1.807, 2.05) is 4.90 Å². The maximum absolute atomic E-state index is 13.2. The van der Waals surface area contributed by atoms with Gasteiger partial charge in [-0.05, 0) is 49.2 Å². The summed E-state index contributed by atoms with van der Waals surface area (Å²) in [5.74, 6) is 0.193. The summed E-state index contributed by atoms with van der Waals surface area (Å²) < 4.78 is 20.2. The van der Waals surface area contributed by atoms with Gasteiger partial charge in [0.25, 0.3) is 5.91 Å². The number of likely N-dealkylation sites (tertiary alicyclic amines) is 1. The summed E-state index contributed by atoms with van der Waals surface area (Å²) in [7, 11) is 0. The van der Waals surface area contributed by atoms with E-state index >= 15 is 0 Å². The minimum Gasteiger partial charge on any atom is -0.463 e. The normalized spacial score (nSPS) is 14.3. The molecule has 0 spiro atoms. The van der Waals surface area contributed by atoms with Crippen molar-refractivity contribution in [1.29, 1.82) is 0 Å².